The molecule has 4 rings (SSSR count). The van der Waals surface area contributed by atoms with Gasteiger partial charge in [-0.1, -0.05) is 0 Å². The number of anilines is 1. The van der Waals surface area contributed by atoms with E-state index in [-0.39, 0.29) is 11.7 Å². The first-order valence-corrected chi connectivity index (χ1v) is 12.3. The number of nitrogens with zero attached hydrogens (tertiary/aromatic N) is 5. The van der Waals surface area contributed by atoms with E-state index in [1.54, 1.807) is 10.5 Å². The fraction of sp³-hybridized carbons (Fsp3) is 0.619. The lowest BCUT2D eigenvalue weighted by atomic mass is 9.86. The number of hydrogen-bond acceptors (Lipinski definition) is 6. The van der Waals surface area contributed by atoms with Crippen molar-refractivity contribution in [1.29, 1.82) is 5.26 Å². The van der Waals surface area contributed by atoms with Gasteiger partial charge in [0.05, 0.1) is 17.0 Å². The first kappa shape index (κ1) is 21.1. The summed E-state index contributed by atoms with van der Waals surface area (Å²) in [6.07, 6.45) is 7.11. The van der Waals surface area contributed by atoms with Crippen molar-refractivity contribution in [2.24, 2.45) is 5.92 Å². The third-order valence-electron chi connectivity index (χ3n) is 6.70. The summed E-state index contributed by atoms with van der Waals surface area (Å²) >= 11 is 0. The average Bonchev–Trinajstić information content (AvgIpc) is 3.22. The van der Waals surface area contributed by atoms with Crippen LogP contribution in [0.3, 0.4) is 0 Å². The van der Waals surface area contributed by atoms with Crippen LogP contribution in [-0.2, 0) is 10.0 Å². The van der Waals surface area contributed by atoms with Gasteiger partial charge in [0.25, 0.3) is 0 Å². The molecular formula is C21H30N6O2S. The first-order valence-electron chi connectivity index (χ1n) is 10.6. The molecule has 0 amide bonds. The first-order chi connectivity index (χ1) is 14.4. The van der Waals surface area contributed by atoms with E-state index in [1.165, 1.54) is 0 Å². The van der Waals surface area contributed by atoms with Crippen LogP contribution in [0.5, 0.6) is 0 Å². The summed E-state index contributed by atoms with van der Waals surface area (Å²) in [7, 11) is 0.877. The predicted octanol–water partition coefficient (Wildman–Crippen LogP) is 2.01. The second-order valence-electron chi connectivity index (χ2n) is 8.64. The molecule has 1 saturated heterocycles. The van der Waals surface area contributed by atoms with Gasteiger partial charge >= 0.3 is 0 Å². The minimum Gasteiger partial charge on any atom is -0.370 e. The van der Waals surface area contributed by atoms with E-state index < -0.39 is 10.0 Å². The number of fused-ring (bicyclic) bond motifs is 1. The molecule has 0 unspecified atom stereocenters. The fourth-order valence-electron chi connectivity index (χ4n) is 4.81. The van der Waals surface area contributed by atoms with E-state index in [4.69, 9.17) is 0 Å². The number of piperazine rings is 1. The topological polar surface area (TPSA) is 96.3 Å². The fourth-order valence-corrected chi connectivity index (χ4v) is 6.67. The maximum atomic E-state index is 12.8. The van der Waals surface area contributed by atoms with E-state index in [0.717, 1.165) is 55.5 Å². The molecule has 0 spiro atoms. The Morgan fingerprint density at radius 2 is 1.93 bits per heavy atom. The molecule has 2 aliphatic rings. The molecule has 30 heavy (non-hydrogen) atoms. The quantitative estimate of drug-likeness (QED) is 0.779. The zero-order valence-electron chi connectivity index (χ0n) is 17.7. The molecule has 1 aliphatic carbocycles. The minimum atomic E-state index is -3.19. The van der Waals surface area contributed by atoms with Crippen LogP contribution in [0, 0.1) is 17.2 Å². The summed E-state index contributed by atoms with van der Waals surface area (Å²) in [6, 6.07) is 4.52. The maximum Gasteiger partial charge on any atom is 0.214 e. The van der Waals surface area contributed by atoms with Crippen LogP contribution in [0.2, 0.25) is 0 Å². The standard InChI is InChI=1S/C21H30N6O2S/c1-25-9-11-27(12-10-25)30(28,29)15-16-3-5-18(6-4-16)26(2)20-17(13-22)14-24-21-19(20)7-8-23-21/h7-8,14,16,18H,3-6,9-12,15H2,1-2H3,(H,23,24). The Kier molecular flexibility index (Phi) is 6.00. The van der Waals surface area contributed by atoms with Gasteiger partial charge < -0.3 is 14.8 Å². The lowest BCUT2D eigenvalue weighted by Crippen LogP contribution is -2.48. The Bertz CT molecular complexity index is 1030. The zero-order chi connectivity index (χ0) is 21.3. The van der Waals surface area contributed by atoms with Crippen molar-refractivity contribution in [2.45, 2.75) is 31.7 Å². The summed E-state index contributed by atoms with van der Waals surface area (Å²) in [5.41, 5.74) is 2.27. The highest BCUT2D eigenvalue weighted by atomic mass is 32.2. The number of nitrogens with one attached hydrogen (secondary N) is 1. The summed E-state index contributed by atoms with van der Waals surface area (Å²) in [4.78, 5) is 11.8. The predicted molar refractivity (Wildman–Crippen MR) is 118 cm³/mol. The summed E-state index contributed by atoms with van der Waals surface area (Å²) in [5.74, 6) is 0.466. The Morgan fingerprint density at radius 3 is 2.60 bits per heavy atom. The van der Waals surface area contributed by atoms with Gasteiger partial charge in [0.1, 0.15) is 11.7 Å². The van der Waals surface area contributed by atoms with Crippen LogP contribution in [0.15, 0.2) is 18.5 Å². The molecule has 8 nitrogen and oxygen atoms in total. The number of H-pyrrole nitrogens is 1. The van der Waals surface area contributed by atoms with Gasteiger partial charge in [-0.25, -0.2) is 13.4 Å². The van der Waals surface area contributed by atoms with Crippen LogP contribution < -0.4 is 4.90 Å². The van der Waals surface area contributed by atoms with Gasteiger partial charge in [-0.15, -0.1) is 0 Å². The molecular weight excluding hydrogens is 400 g/mol. The molecule has 0 bridgehead atoms. The van der Waals surface area contributed by atoms with Crippen LogP contribution in [0.1, 0.15) is 31.2 Å². The number of aromatic nitrogens is 2. The Balaban J connectivity index is 1.40. The molecule has 1 saturated carbocycles. The van der Waals surface area contributed by atoms with Gasteiger partial charge in [-0.3, -0.25) is 0 Å². The van der Waals surface area contributed by atoms with Crippen molar-refractivity contribution in [2.75, 3.05) is 50.9 Å². The SMILES string of the molecule is CN1CCN(S(=O)(=O)CC2CCC(N(C)c3c(C#N)cnc4[nH]ccc34)CC2)CC1. The normalized spacial score (nSPS) is 24.0. The number of aromatic amines is 1. The molecule has 0 radical (unpaired) electrons. The molecule has 2 fully saturated rings. The number of rotatable bonds is 5. The van der Waals surface area contributed by atoms with Crippen molar-refractivity contribution in [3.05, 3.63) is 24.0 Å². The second kappa shape index (κ2) is 8.53. The van der Waals surface area contributed by atoms with Crippen molar-refractivity contribution < 1.29 is 8.42 Å². The summed E-state index contributed by atoms with van der Waals surface area (Å²) in [6.45, 7) is 2.81. The largest absolute Gasteiger partial charge is 0.370 e. The lowest BCUT2D eigenvalue weighted by Gasteiger charge is -2.37. The Hall–Kier alpha value is -2.15. The van der Waals surface area contributed by atoms with Gasteiger partial charge in [0.15, 0.2) is 0 Å². The van der Waals surface area contributed by atoms with Crippen LogP contribution in [0.25, 0.3) is 11.0 Å². The van der Waals surface area contributed by atoms with E-state index in [2.05, 4.69) is 25.8 Å². The smallest absolute Gasteiger partial charge is 0.214 e. The summed E-state index contributed by atoms with van der Waals surface area (Å²) in [5, 5.41) is 10.5. The number of nitriles is 1. The van der Waals surface area contributed by atoms with Gasteiger partial charge in [0.2, 0.25) is 10.0 Å². The molecule has 162 valence electrons. The molecule has 9 heteroatoms. The van der Waals surface area contributed by atoms with Crippen LogP contribution in [-0.4, -0.2) is 79.7 Å². The van der Waals surface area contributed by atoms with Crippen molar-refractivity contribution in [1.82, 2.24) is 19.2 Å². The average molecular weight is 431 g/mol. The highest BCUT2D eigenvalue weighted by Crippen LogP contribution is 2.35. The lowest BCUT2D eigenvalue weighted by molar-refractivity contribution is 0.220. The third-order valence-corrected chi connectivity index (χ3v) is 8.74. The number of sulfonamides is 1. The van der Waals surface area contributed by atoms with Crippen molar-refractivity contribution in [3.63, 3.8) is 0 Å². The molecule has 1 aliphatic heterocycles. The summed E-state index contributed by atoms with van der Waals surface area (Å²) < 4.78 is 27.4. The third kappa shape index (κ3) is 4.17. The monoisotopic (exact) mass is 430 g/mol. The van der Waals surface area contributed by atoms with Crippen molar-refractivity contribution >= 4 is 26.7 Å². The molecule has 0 atom stereocenters. The maximum absolute atomic E-state index is 12.8. The van der Waals surface area contributed by atoms with E-state index in [0.29, 0.717) is 24.7 Å². The molecule has 1 N–H and O–H groups in total. The second-order valence-corrected chi connectivity index (χ2v) is 10.7. The van der Waals surface area contributed by atoms with Crippen LogP contribution in [0.4, 0.5) is 5.69 Å². The minimum absolute atomic E-state index is 0.208. The Labute approximate surface area is 178 Å². The zero-order valence-corrected chi connectivity index (χ0v) is 18.5. The van der Waals surface area contributed by atoms with E-state index >= 15 is 0 Å². The molecule has 3 heterocycles. The number of hydrogen-bond donors (Lipinski definition) is 1. The van der Waals surface area contributed by atoms with Gasteiger partial charge in [-0.05, 0) is 44.7 Å². The van der Waals surface area contributed by atoms with Gasteiger partial charge in [-0.2, -0.15) is 9.57 Å². The molecule has 0 aromatic carbocycles. The van der Waals surface area contributed by atoms with E-state index in [9.17, 15) is 13.7 Å². The number of likely N-dealkylation sites (N-methyl/N-ethyl adjacent to an activating group) is 1. The highest BCUT2D eigenvalue weighted by molar-refractivity contribution is 7.89. The molecule has 2 aromatic rings. The van der Waals surface area contributed by atoms with Crippen LogP contribution >= 0.6 is 0 Å². The van der Waals surface area contributed by atoms with E-state index in [1.807, 2.05) is 26.4 Å². The highest BCUT2D eigenvalue weighted by Gasteiger charge is 2.32. The number of pyridine rings is 1. The van der Waals surface area contributed by atoms with Gasteiger partial charge in [0, 0.05) is 57.0 Å². The Morgan fingerprint density at radius 1 is 1.23 bits per heavy atom. The molecule has 2 aromatic heterocycles. The van der Waals surface area contributed by atoms with Crippen molar-refractivity contribution in [3.8, 4) is 6.07 Å².